The molecule has 0 aliphatic rings. The third kappa shape index (κ3) is 7.33. The van der Waals surface area contributed by atoms with Crippen molar-refractivity contribution in [3.05, 3.63) is 30.3 Å². The first kappa shape index (κ1) is 16.2. The largest absolute Gasteiger partial charge is 0.494 e. The van der Waals surface area contributed by atoms with Gasteiger partial charge in [-0.2, -0.15) is 0 Å². The lowest BCUT2D eigenvalue weighted by Gasteiger charge is -2.12. The van der Waals surface area contributed by atoms with Gasteiger partial charge in [-0.25, -0.2) is 0 Å². The third-order valence-electron chi connectivity index (χ3n) is 2.84. The first-order valence-corrected chi connectivity index (χ1v) is 8.17. The minimum Gasteiger partial charge on any atom is -0.494 e. The number of nitrogens with two attached hydrogens (primary N) is 1. The van der Waals surface area contributed by atoms with E-state index in [1.165, 1.54) is 0 Å². The molecule has 5 nitrogen and oxygen atoms in total. The second-order valence-electron chi connectivity index (χ2n) is 4.52. The molecule has 1 aromatic carbocycles. The highest BCUT2D eigenvalue weighted by Gasteiger charge is 2.23. The number of hydrogen-bond donors (Lipinski definition) is 3. The number of para-hydroxylation sites is 1. The van der Waals surface area contributed by atoms with Crippen molar-refractivity contribution in [2.75, 3.05) is 6.61 Å². The first-order chi connectivity index (χ1) is 9.00. The van der Waals surface area contributed by atoms with Crippen LogP contribution in [0, 0.1) is 0 Å². The van der Waals surface area contributed by atoms with E-state index in [-0.39, 0.29) is 0 Å². The highest BCUT2D eigenvalue weighted by Crippen LogP contribution is 2.40. The van der Waals surface area contributed by atoms with Crippen LogP contribution in [0.25, 0.3) is 0 Å². The summed E-state index contributed by atoms with van der Waals surface area (Å²) in [6, 6.07) is 9.63. The van der Waals surface area contributed by atoms with Crippen LogP contribution in [-0.4, -0.2) is 22.2 Å². The summed E-state index contributed by atoms with van der Waals surface area (Å²) in [5.41, 5.74) is 5.38. The zero-order valence-electron chi connectivity index (χ0n) is 10.9. The van der Waals surface area contributed by atoms with Crippen molar-refractivity contribution in [3.63, 3.8) is 0 Å². The van der Waals surface area contributed by atoms with E-state index in [1.54, 1.807) is 0 Å². The molecule has 0 spiro atoms. The maximum atomic E-state index is 10.8. The molecule has 1 rings (SSSR count). The summed E-state index contributed by atoms with van der Waals surface area (Å²) in [6.07, 6.45) is 3.91. The van der Waals surface area contributed by atoms with Crippen LogP contribution in [0.2, 0.25) is 0 Å². The van der Waals surface area contributed by atoms with Crippen molar-refractivity contribution in [2.45, 2.75) is 37.9 Å². The molecule has 4 N–H and O–H groups in total. The maximum absolute atomic E-state index is 10.8. The number of unbranched alkanes of at least 4 members (excludes halogenated alkanes) is 3. The van der Waals surface area contributed by atoms with Crippen molar-refractivity contribution in [1.29, 1.82) is 0 Å². The molecule has 19 heavy (non-hydrogen) atoms. The Morgan fingerprint density at radius 2 is 1.74 bits per heavy atom. The van der Waals surface area contributed by atoms with Crippen LogP contribution in [0.4, 0.5) is 0 Å². The summed E-state index contributed by atoms with van der Waals surface area (Å²) in [5, 5.41) is 0. The van der Waals surface area contributed by atoms with E-state index in [0.717, 1.165) is 31.4 Å². The minimum atomic E-state index is -4.11. The number of rotatable bonds is 9. The summed E-state index contributed by atoms with van der Waals surface area (Å²) in [7, 11) is -4.11. The van der Waals surface area contributed by atoms with E-state index in [1.807, 2.05) is 30.3 Å². The standard InChI is InChI=1S/C13H22NO4P/c14-13(19(15,16)17)10-6-1-2-7-11-18-12-8-4-3-5-9-12/h3-5,8-9,13H,1-2,6-7,10-11,14H2,(H2,15,16,17)/t13-/m0/s1. The van der Waals surface area contributed by atoms with Gasteiger partial charge in [0.2, 0.25) is 0 Å². The Hall–Kier alpha value is -0.870. The lowest BCUT2D eigenvalue weighted by Crippen LogP contribution is -2.19. The number of ether oxygens (including phenoxy) is 1. The van der Waals surface area contributed by atoms with Crippen LogP contribution >= 0.6 is 7.60 Å². The Bertz CT molecular complexity index is 393. The predicted molar refractivity (Wildman–Crippen MR) is 75.0 cm³/mol. The lowest BCUT2D eigenvalue weighted by molar-refractivity contribution is 0.303. The molecule has 0 bridgehead atoms. The molecule has 0 aliphatic carbocycles. The second kappa shape index (κ2) is 8.33. The average Bonchev–Trinajstić information content (AvgIpc) is 2.37. The van der Waals surface area contributed by atoms with Crippen molar-refractivity contribution in [2.24, 2.45) is 5.73 Å². The van der Waals surface area contributed by atoms with Gasteiger partial charge in [0.25, 0.3) is 0 Å². The molecular formula is C13H22NO4P. The summed E-state index contributed by atoms with van der Waals surface area (Å²) in [6.45, 7) is 0.661. The zero-order chi connectivity index (χ0) is 14.1. The van der Waals surface area contributed by atoms with Crippen LogP contribution in [0.15, 0.2) is 30.3 Å². The molecular weight excluding hydrogens is 265 g/mol. The summed E-state index contributed by atoms with van der Waals surface area (Å²) in [5.74, 6) is -0.154. The molecule has 0 heterocycles. The fourth-order valence-corrected chi connectivity index (χ4v) is 2.20. The molecule has 0 amide bonds. The molecule has 0 unspecified atom stereocenters. The van der Waals surface area contributed by atoms with Gasteiger partial charge in [0, 0.05) is 0 Å². The third-order valence-corrected chi connectivity index (χ3v) is 3.96. The number of hydrogen-bond acceptors (Lipinski definition) is 3. The van der Waals surface area contributed by atoms with E-state index >= 15 is 0 Å². The van der Waals surface area contributed by atoms with Crippen molar-refractivity contribution in [3.8, 4) is 5.75 Å². The van der Waals surface area contributed by atoms with Crippen LogP contribution in [0.3, 0.4) is 0 Å². The van der Waals surface area contributed by atoms with Gasteiger partial charge in [0.05, 0.1) is 6.61 Å². The topological polar surface area (TPSA) is 92.8 Å². The van der Waals surface area contributed by atoms with Crippen molar-refractivity contribution in [1.82, 2.24) is 0 Å². The van der Waals surface area contributed by atoms with E-state index in [4.69, 9.17) is 20.3 Å². The van der Waals surface area contributed by atoms with E-state index in [2.05, 4.69) is 0 Å². The van der Waals surface area contributed by atoms with Gasteiger partial charge in [0.1, 0.15) is 11.5 Å². The fraction of sp³-hybridized carbons (Fsp3) is 0.538. The molecule has 0 radical (unpaired) electrons. The molecule has 0 fully saturated rings. The van der Waals surface area contributed by atoms with E-state index in [9.17, 15) is 4.57 Å². The van der Waals surface area contributed by atoms with Crippen molar-refractivity contribution >= 4 is 7.60 Å². The molecule has 0 saturated heterocycles. The van der Waals surface area contributed by atoms with Crippen LogP contribution in [0.5, 0.6) is 5.75 Å². The average molecular weight is 287 g/mol. The minimum absolute atomic E-state index is 0.365. The Morgan fingerprint density at radius 3 is 2.37 bits per heavy atom. The van der Waals surface area contributed by atoms with Crippen LogP contribution in [0.1, 0.15) is 32.1 Å². The van der Waals surface area contributed by atoms with Gasteiger partial charge in [-0.3, -0.25) is 4.57 Å². The quantitative estimate of drug-likeness (QED) is 0.479. The zero-order valence-corrected chi connectivity index (χ0v) is 11.8. The van der Waals surface area contributed by atoms with Gasteiger partial charge < -0.3 is 20.3 Å². The van der Waals surface area contributed by atoms with Crippen molar-refractivity contribution < 1.29 is 19.1 Å². The Kier molecular flexibility index (Phi) is 7.10. The predicted octanol–water partition coefficient (Wildman–Crippen LogP) is 2.48. The maximum Gasteiger partial charge on any atom is 0.342 e. The molecule has 0 aromatic heterocycles. The van der Waals surface area contributed by atoms with E-state index in [0.29, 0.717) is 13.0 Å². The molecule has 1 aromatic rings. The smallest absolute Gasteiger partial charge is 0.342 e. The Morgan fingerprint density at radius 1 is 1.11 bits per heavy atom. The molecule has 108 valence electrons. The fourth-order valence-electron chi connectivity index (χ4n) is 1.68. The molecule has 1 atom stereocenters. The monoisotopic (exact) mass is 287 g/mol. The molecule has 0 saturated carbocycles. The highest BCUT2D eigenvalue weighted by molar-refractivity contribution is 7.52. The first-order valence-electron chi connectivity index (χ1n) is 6.49. The lowest BCUT2D eigenvalue weighted by atomic mass is 10.1. The SMILES string of the molecule is N[C@H](CCCCCCOc1ccccc1)P(=O)(O)O. The van der Waals surface area contributed by atoms with Gasteiger partial charge in [-0.15, -0.1) is 0 Å². The highest BCUT2D eigenvalue weighted by atomic mass is 31.2. The summed E-state index contributed by atoms with van der Waals surface area (Å²) < 4.78 is 16.3. The van der Waals surface area contributed by atoms with Gasteiger partial charge >= 0.3 is 7.60 Å². The normalized spacial score (nSPS) is 13.2. The summed E-state index contributed by atoms with van der Waals surface area (Å²) >= 11 is 0. The molecule has 6 heteroatoms. The Balaban J connectivity index is 1.99. The van der Waals surface area contributed by atoms with Gasteiger partial charge in [-0.1, -0.05) is 37.5 Å². The Labute approximate surface area is 113 Å². The summed E-state index contributed by atoms with van der Waals surface area (Å²) in [4.78, 5) is 17.6. The molecule has 0 aliphatic heterocycles. The van der Waals surface area contributed by atoms with Gasteiger partial charge in [0.15, 0.2) is 0 Å². The van der Waals surface area contributed by atoms with Crippen LogP contribution in [-0.2, 0) is 4.57 Å². The second-order valence-corrected chi connectivity index (χ2v) is 6.36. The van der Waals surface area contributed by atoms with E-state index < -0.39 is 13.4 Å². The number of benzene rings is 1. The van der Waals surface area contributed by atoms with Crippen LogP contribution < -0.4 is 10.5 Å². The van der Waals surface area contributed by atoms with Gasteiger partial charge in [-0.05, 0) is 25.0 Å².